The minimum Gasteiger partial charge on any atom is -0.361 e. The lowest BCUT2D eigenvalue weighted by Crippen LogP contribution is -2.54. The van der Waals surface area contributed by atoms with Gasteiger partial charge in [-0.15, -0.1) is 18.2 Å². The lowest BCUT2D eigenvalue weighted by atomic mass is 9.51. The maximum absolute atomic E-state index is 6.88. The highest BCUT2D eigenvalue weighted by molar-refractivity contribution is 6.21. The van der Waals surface area contributed by atoms with Crippen molar-refractivity contribution < 1.29 is 0 Å². The standard InChI is InChI=1S/C21H25ClN2/c1-6-21(4)16(22)10-14-18(19(21)23-5)12-11-24-15-9-7-8-13(17(12)15)20(14,2)3/h6-9,11,14,16,18-19,24H,1,5,10H2,2-4H3. The smallest absolute Gasteiger partial charge is 0.0666 e. The Morgan fingerprint density at radius 3 is 2.75 bits per heavy atom. The first-order valence-corrected chi connectivity index (χ1v) is 9.14. The Hall–Kier alpha value is -1.54. The van der Waals surface area contributed by atoms with Gasteiger partial charge in [0.25, 0.3) is 0 Å². The molecule has 1 N–H and O–H groups in total. The Labute approximate surface area is 149 Å². The SMILES string of the molecule is C=CC1(C)C(Cl)CC2C(c3c[nH]c4cccc(c34)C2(C)C)C1N=C. The van der Waals surface area contributed by atoms with Crippen LogP contribution in [0.15, 0.2) is 42.0 Å². The zero-order valence-corrected chi connectivity index (χ0v) is 15.4. The van der Waals surface area contributed by atoms with Crippen LogP contribution in [0.1, 0.15) is 44.2 Å². The molecule has 0 radical (unpaired) electrons. The maximum atomic E-state index is 6.88. The van der Waals surface area contributed by atoms with Crippen molar-refractivity contribution in [2.75, 3.05) is 0 Å². The number of nitrogens with one attached hydrogen (secondary N) is 1. The van der Waals surface area contributed by atoms with E-state index in [1.54, 1.807) is 0 Å². The van der Waals surface area contributed by atoms with Crippen LogP contribution in [0.4, 0.5) is 0 Å². The molecule has 2 aromatic rings. The number of alkyl halides is 1. The molecule has 1 aromatic carbocycles. The molecule has 1 heterocycles. The topological polar surface area (TPSA) is 28.1 Å². The fourth-order valence-electron chi connectivity index (χ4n) is 5.32. The second-order valence-electron chi connectivity index (χ2n) is 8.23. The molecule has 1 saturated carbocycles. The molecule has 24 heavy (non-hydrogen) atoms. The van der Waals surface area contributed by atoms with Gasteiger partial charge in [-0.3, -0.25) is 4.99 Å². The number of rotatable bonds is 2. The molecule has 3 heteroatoms. The number of hydrogen-bond donors (Lipinski definition) is 1. The Bertz CT molecular complexity index is 833. The molecule has 0 bridgehead atoms. The first-order chi connectivity index (χ1) is 11.4. The van der Waals surface area contributed by atoms with Crippen LogP contribution in [-0.2, 0) is 5.41 Å². The second-order valence-corrected chi connectivity index (χ2v) is 8.75. The molecule has 2 aliphatic carbocycles. The van der Waals surface area contributed by atoms with Gasteiger partial charge in [-0.25, -0.2) is 0 Å². The fourth-order valence-corrected chi connectivity index (χ4v) is 5.73. The summed E-state index contributed by atoms with van der Waals surface area (Å²) in [7, 11) is 0. The van der Waals surface area contributed by atoms with Gasteiger partial charge in [0.1, 0.15) is 0 Å². The maximum Gasteiger partial charge on any atom is 0.0666 e. The molecule has 5 unspecified atom stereocenters. The van der Waals surface area contributed by atoms with E-state index in [9.17, 15) is 0 Å². The van der Waals surface area contributed by atoms with E-state index in [4.69, 9.17) is 11.6 Å². The van der Waals surface area contributed by atoms with Crippen LogP contribution in [0.5, 0.6) is 0 Å². The number of aromatic nitrogens is 1. The van der Waals surface area contributed by atoms with Crippen LogP contribution < -0.4 is 0 Å². The average Bonchev–Trinajstić information content (AvgIpc) is 2.99. The predicted octanol–water partition coefficient (Wildman–Crippen LogP) is 5.43. The predicted molar refractivity (Wildman–Crippen MR) is 103 cm³/mol. The van der Waals surface area contributed by atoms with Crippen molar-refractivity contribution in [3.8, 4) is 0 Å². The van der Waals surface area contributed by atoms with Crippen LogP contribution in [0.3, 0.4) is 0 Å². The van der Waals surface area contributed by atoms with Crippen LogP contribution in [0.25, 0.3) is 10.9 Å². The number of nitrogens with zero attached hydrogens (tertiary/aromatic N) is 1. The number of aromatic amines is 1. The van der Waals surface area contributed by atoms with Gasteiger partial charge in [-0.05, 0) is 41.7 Å². The van der Waals surface area contributed by atoms with Gasteiger partial charge in [0, 0.05) is 33.8 Å². The van der Waals surface area contributed by atoms with Gasteiger partial charge in [0.2, 0.25) is 0 Å². The number of aliphatic imine (C=N–C) groups is 1. The fraction of sp³-hybridized carbons (Fsp3) is 0.476. The Morgan fingerprint density at radius 2 is 2.08 bits per heavy atom. The summed E-state index contributed by atoms with van der Waals surface area (Å²) in [6, 6.07) is 6.63. The average molecular weight is 341 g/mol. The van der Waals surface area contributed by atoms with Gasteiger partial charge in [0.15, 0.2) is 0 Å². The summed E-state index contributed by atoms with van der Waals surface area (Å²) in [6.45, 7) is 14.9. The molecule has 1 aromatic heterocycles. The molecule has 0 spiro atoms. The molecule has 126 valence electrons. The lowest BCUT2D eigenvalue weighted by molar-refractivity contribution is 0.108. The zero-order valence-electron chi connectivity index (χ0n) is 14.6. The largest absolute Gasteiger partial charge is 0.361 e. The molecule has 4 rings (SSSR count). The number of benzene rings is 1. The summed E-state index contributed by atoms with van der Waals surface area (Å²) < 4.78 is 0. The third-order valence-electron chi connectivity index (χ3n) is 6.90. The Kier molecular flexibility index (Phi) is 3.31. The van der Waals surface area contributed by atoms with E-state index in [0.29, 0.717) is 11.8 Å². The summed E-state index contributed by atoms with van der Waals surface area (Å²) >= 11 is 6.88. The number of hydrogen-bond acceptors (Lipinski definition) is 1. The molecule has 1 fully saturated rings. The quantitative estimate of drug-likeness (QED) is 0.429. The van der Waals surface area contributed by atoms with E-state index in [-0.39, 0.29) is 22.2 Å². The van der Waals surface area contributed by atoms with Crippen LogP contribution in [0, 0.1) is 11.3 Å². The van der Waals surface area contributed by atoms with E-state index >= 15 is 0 Å². The van der Waals surface area contributed by atoms with Crippen molar-refractivity contribution in [3.63, 3.8) is 0 Å². The van der Waals surface area contributed by atoms with Crippen molar-refractivity contribution in [2.45, 2.75) is 49.9 Å². The van der Waals surface area contributed by atoms with Crippen molar-refractivity contribution in [1.82, 2.24) is 4.98 Å². The van der Waals surface area contributed by atoms with E-state index in [1.165, 1.54) is 22.0 Å². The van der Waals surface area contributed by atoms with Crippen LogP contribution >= 0.6 is 11.6 Å². The minimum atomic E-state index is -0.240. The van der Waals surface area contributed by atoms with E-state index < -0.39 is 0 Å². The highest BCUT2D eigenvalue weighted by Crippen LogP contribution is 2.60. The normalized spacial score (nSPS) is 37.0. The lowest BCUT2D eigenvalue weighted by Gasteiger charge is -2.55. The Balaban J connectivity index is 2.03. The second kappa shape index (κ2) is 4.98. The van der Waals surface area contributed by atoms with Gasteiger partial charge < -0.3 is 4.98 Å². The summed E-state index contributed by atoms with van der Waals surface area (Å²) in [6.07, 6.45) is 5.14. The van der Waals surface area contributed by atoms with Crippen LogP contribution in [-0.4, -0.2) is 23.1 Å². The van der Waals surface area contributed by atoms with E-state index in [0.717, 1.165) is 6.42 Å². The van der Waals surface area contributed by atoms with Gasteiger partial charge in [-0.2, -0.15) is 0 Å². The summed E-state index contributed by atoms with van der Waals surface area (Å²) in [5.74, 6) is 0.761. The molecule has 5 atom stereocenters. The first kappa shape index (κ1) is 16.0. The number of halogens is 1. The van der Waals surface area contributed by atoms with Crippen LogP contribution in [0.2, 0.25) is 0 Å². The molecule has 2 aliphatic rings. The van der Waals surface area contributed by atoms with Crippen molar-refractivity contribution >= 4 is 29.2 Å². The summed E-state index contributed by atoms with van der Waals surface area (Å²) in [5, 5.41) is 1.39. The highest BCUT2D eigenvalue weighted by Gasteiger charge is 2.56. The minimum absolute atomic E-state index is 0.0192. The third kappa shape index (κ3) is 1.75. The number of fused-ring (bicyclic) bond motifs is 2. The van der Waals surface area contributed by atoms with Crippen molar-refractivity contribution in [2.24, 2.45) is 16.3 Å². The van der Waals surface area contributed by atoms with E-state index in [2.05, 4.69) is 68.4 Å². The van der Waals surface area contributed by atoms with Crippen molar-refractivity contribution in [1.29, 1.82) is 0 Å². The first-order valence-electron chi connectivity index (χ1n) is 8.70. The summed E-state index contributed by atoms with van der Waals surface area (Å²) in [4.78, 5) is 8.06. The molecule has 0 amide bonds. The van der Waals surface area contributed by atoms with Gasteiger partial charge >= 0.3 is 0 Å². The molecule has 2 nitrogen and oxygen atoms in total. The molecule has 0 saturated heterocycles. The molecular weight excluding hydrogens is 316 g/mol. The Morgan fingerprint density at radius 1 is 1.33 bits per heavy atom. The number of H-pyrrole nitrogens is 1. The zero-order chi connectivity index (χ0) is 17.3. The highest BCUT2D eigenvalue weighted by atomic mass is 35.5. The van der Waals surface area contributed by atoms with Crippen molar-refractivity contribution in [3.05, 3.63) is 48.2 Å². The summed E-state index contributed by atoms with van der Waals surface area (Å²) in [5.41, 5.74) is 3.82. The van der Waals surface area contributed by atoms with Gasteiger partial charge in [-0.1, -0.05) is 39.0 Å². The monoisotopic (exact) mass is 340 g/mol. The third-order valence-corrected chi connectivity index (χ3v) is 7.55. The molecular formula is C21H25ClN2. The van der Waals surface area contributed by atoms with E-state index in [1.807, 2.05) is 6.08 Å². The van der Waals surface area contributed by atoms with Gasteiger partial charge in [0.05, 0.1) is 6.04 Å². The molecule has 0 aliphatic heterocycles.